The molecule has 124 valence electrons. The van der Waals surface area contributed by atoms with E-state index in [0.29, 0.717) is 18.5 Å². The molecule has 2 N–H and O–H groups in total. The van der Waals surface area contributed by atoms with Gasteiger partial charge < -0.3 is 15.3 Å². The lowest BCUT2D eigenvalue weighted by molar-refractivity contribution is 0.221. The molecule has 0 saturated heterocycles. The Hall–Kier alpha value is -1.72. The van der Waals surface area contributed by atoms with Gasteiger partial charge in [-0.2, -0.15) is 0 Å². The fourth-order valence-electron chi connectivity index (χ4n) is 3.43. The number of aliphatic hydroxyl groups is 1. The molecule has 2 aromatic rings. The molecule has 1 aromatic carbocycles. The first-order valence-corrected chi connectivity index (χ1v) is 8.45. The van der Waals surface area contributed by atoms with Crippen molar-refractivity contribution < 1.29 is 5.11 Å². The first kappa shape index (κ1) is 16.1. The standard InChI is InChI=1S/C18H26N4O/c1-22(2)15-6-4-14(5-7-15)21-18-16-11-13(9-10-23)3-8-17(16)19-12-20-18/h3,8,11-12,14-15,23H,4-7,9-10H2,1-2H3,(H,19,20,21)/t14-,15-. The summed E-state index contributed by atoms with van der Waals surface area (Å²) in [5, 5.41) is 13.8. The van der Waals surface area contributed by atoms with Crippen molar-refractivity contribution in [1.29, 1.82) is 0 Å². The second-order valence-corrected chi connectivity index (χ2v) is 6.66. The number of benzene rings is 1. The van der Waals surface area contributed by atoms with E-state index in [9.17, 15) is 0 Å². The van der Waals surface area contributed by atoms with Gasteiger partial charge in [-0.3, -0.25) is 0 Å². The van der Waals surface area contributed by atoms with Gasteiger partial charge in [0.05, 0.1) is 5.52 Å². The van der Waals surface area contributed by atoms with Crippen LogP contribution in [-0.4, -0.2) is 52.8 Å². The molecule has 1 fully saturated rings. The Morgan fingerprint density at radius 1 is 1.17 bits per heavy atom. The van der Waals surface area contributed by atoms with Crippen molar-refractivity contribution in [3.63, 3.8) is 0 Å². The maximum absolute atomic E-state index is 9.14. The van der Waals surface area contributed by atoms with Gasteiger partial charge in [0, 0.05) is 24.1 Å². The van der Waals surface area contributed by atoms with E-state index in [-0.39, 0.29) is 6.61 Å². The number of rotatable bonds is 5. The normalized spacial score (nSPS) is 21.7. The van der Waals surface area contributed by atoms with Crippen molar-refractivity contribution in [2.24, 2.45) is 0 Å². The summed E-state index contributed by atoms with van der Waals surface area (Å²) in [5.74, 6) is 0.920. The van der Waals surface area contributed by atoms with Crippen LogP contribution in [0.2, 0.25) is 0 Å². The van der Waals surface area contributed by atoms with E-state index in [1.807, 2.05) is 12.1 Å². The minimum atomic E-state index is 0.163. The van der Waals surface area contributed by atoms with Gasteiger partial charge in [-0.1, -0.05) is 6.07 Å². The van der Waals surface area contributed by atoms with Crippen LogP contribution in [0.15, 0.2) is 24.5 Å². The molecule has 5 heteroatoms. The summed E-state index contributed by atoms with van der Waals surface area (Å²) >= 11 is 0. The van der Waals surface area contributed by atoms with Crippen molar-refractivity contribution in [1.82, 2.24) is 14.9 Å². The summed E-state index contributed by atoms with van der Waals surface area (Å²) in [6.45, 7) is 0.163. The fraction of sp³-hybridized carbons (Fsp3) is 0.556. The molecule has 0 amide bonds. The zero-order valence-corrected chi connectivity index (χ0v) is 14.0. The van der Waals surface area contributed by atoms with E-state index < -0.39 is 0 Å². The monoisotopic (exact) mass is 314 g/mol. The topological polar surface area (TPSA) is 61.3 Å². The summed E-state index contributed by atoms with van der Waals surface area (Å²) in [5.41, 5.74) is 2.07. The van der Waals surface area contributed by atoms with E-state index in [1.54, 1.807) is 6.33 Å². The van der Waals surface area contributed by atoms with Gasteiger partial charge in [-0.15, -0.1) is 0 Å². The van der Waals surface area contributed by atoms with Crippen LogP contribution in [-0.2, 0) is 6.42 Å². The minimum Gasteiger partial charge on any atom is -0.396 e. The Labute approximate surface area is 137 Å². The Bertz CT molecular complexity index is 651. The second-order valence-electron chi connectivity index (χ2n) is 6.66. The molecule has 0 spiro atoms. The van der Waals surface area contributed by atoms with Crippen LogP contribution in [0.3, 0.4) is 0 Å². The van der Waals surface area contributed by atoms with Crippen molar-refractivity contribution in [2.45, 2.75) is 44.2 Å². The fourth-order valence-corrected chi connectivity index (χ4v) is 3.43. The highest BCUT2D eigenvalue weighted by molar-refractivity contribution is 5.89. The predicted octanol–water partition coefficient (Wildman–Crippen LogP) is 2.45. The van der Waals surface area contributed by atoms with E-state index >= 15 is 0 Å². The van der Waals surface area contributed by atoms with Crippen LogP contribution in [0.5, 0.6) is 0 Å². The molecule has 0 aliphatic heterocycles. The maximum atomic E-state index is 9.14. The molecular weight excluding hydrogens is 288 g/mol. The smallest absolute Gasteiger partial charge is 0.137 e. The highest BCUT2D eigenvalue weighted by Crippen LogP contribution is 2.27. The number of aliphatic hydroxyl groups excluding tert-OH is 1. The molecule has 0 radical (unpaired) electrons. The lowest BCUT2D eigenvalue weighted by atomic mass is 9.90. The molecule has 1 heterocycles. The summed E-state index contributed by atoms with van der Waals surface area (Å²) in [4.78, 5) is 11.1. The molecule has 5 nitrogen and oxygen atoms in total. The molecule has 3 rings (SSSR count). The lowest BCUT2D eigenvalue weighted by Crippen LogP contribution is -2.36. The minimum absolute atomic E-state index is 0.163. The van der Waals surface area contributed by atoms with Crippen LogP contribution in [0.1, 0.15) is 31.2 Å². The van der Waals surface area contributed by atoms with Gasteiger partial charge in [-0.05, 0) is 63.9 Å². The quantitative estimate of drug-likeness (QED) is 0.887. The van der Waals surface area contributed by atoms with E-state index in [4.69, 9.17) is 5.11 Å². The van der Waals surface area contributed by atoms with Crippen LogP contribution < -0.4 is 5.32 Å². The average molecular weight is 314 g/mol. The first-order chi connectivity index (χ1) is 11.2. The summed E-state index contributed by atoms with van der Waals surface area (Å²) < 4.78 is 0. The van der Waals surface area contributed by atoms with Gasteiger partial charge in [0.1, 0.15) is 12.1 Å². The van der Waals surface area contributed by atoms with Gasteiger partial charge in [0.25, 0.3) is 0 Å². The van der Waals surface area contributed by atoms with Crippen LogP contribution in [0.25, 0.3) is 10.9 Å². The summed E-state index contributed by atoms with van der Waals surface area (Å²) in [6, 6.07) is 7.31. The van der Waals surface area contributed by atoms with E-state index in [0.717, 1.165) is 22.3 Å². The van der Waals surface area contributed by atoms with Crippen LogP contribution >= 0.6 is 0 Å². The van der Waals surface area contributed by atoms with Gasteiger partial charge >= 0.3 is 0 Å². The zero-order valence-electron chi connectivity index (χ0n) is 14.0. The molecule has 1 aliphatic rings. The highest BCUT2D eigenvalue weighted by atomic mass is 16.2. The predicted molar refractivity (Wildman–Crippen MR) is 93.7 cm³/mol. The Morgan fingerprint density at radius 2 is 1.96 bits per heavy atom. The number of hydrogen-bond donors (Lipinski definition) is 2. The van der Waals surface area contributed by atoms with Gasteiger partial charge in [0.15, 0.2) is 0 Å². The number of fused-ring (bicyclic) bond motifs is 1. The molecule has 1 saturated carbocycles. The second kappa shape index (κ2) is 7.23. The Balaban J connectivity index is 1.76. The summed E-state index contributed by atoms with van der Waals surface area (Å²) in [6.07, 6.45) is 7.09. The number of hydrogen-bond acceptors (Lipinski definition) is 5. The first-order valence-electron chi connectivity index (χ1n) is 8.45. The van der Waals surface area contributed by atoms with E-state index in [1.165, 1.54) is 25.7 Å². The third-order valence-electron chi connectivity index (χ3n) is 4.87. The molecule has 1 aromatic heterocycles. The number of aromatic nitrogens is 2. The Morgan fingerprint density at radius 3 is 2.65 bits per heavy atom. The van der Waals surface area contributed by atoms with Gasteiger partial charge in [0.2, 0.25) is 0 Å². The lowest BCUT2D eigenvalue weighted by Gasteiger charge is -2.33. The third kappa shape index (κ3) is 3.79. The van der Waals surface area contributed by atoms with Crippen LogP contribution in [0.4, 0.5) is 5.82 Å². The average Bonchev–Trinajstić information content (AvgIpc) is 2.56. The largest absolute Gasteiger partial charge is 0.396 e. The zero-order chi connectivity index (χ0) is 16.2. The maximum Gasteiger partial charge on any atom is 0.137 e. The summed E-state index contributed by atoms with van der Waals surface area (Å²) in [7, 11) is 4.33. The Kier molecular flexibility index (Phi) is 5.08. The number of anilines is 1. The van der Waals surface area contributed by atoms with Crippen molar-refractivity contribution >= 4 is 16.7 Å². The third-order valence-corrected chi connectivity index (χ3v) is 4.87. The molecule has 23 heavy (non-hydrogen) atoms. The SMILES string of the molecule is CN(C)[C@H]1CC[C@H](Nc2ncnc3ccc(CCO)cc23)CC1. The molecular formula is C18H26N4O. The van der Waals surface area contributed by atoms with Crippen molar-refractivity contribution in [2.75, 3.05) is 26.0 Å². The molecule has 1 aliphatic carbocycles. The molecule has 0 bridgehead atoms. The molecule has 0 atom stereocenters. The van der Waals surface area contributed by atoms with Gasteiger partial charge in [-0.25, -0.2) is 9.97 Å². The number of nitrogens with zero attached hydrogens (tertiary/aromatic N) is 3. The molecule has 0 unspecified atom stereocenters. The highest BCUT2D eigenvalue weighted by Gasteiger charge is 2.23. The van der Waals surface area contributed by atoms with Crippen LogP contribution in [0, 0.1) is 0 Å². The van der Waals surface area contributed by atoms with E-state index in [2.05, 4.69) is 40.3 Å². The van der Waals surface area contributed by atoms with Crippen molar-refractivity contribution in [3.05, 3.63) is 30.1 Å². The van der Waals surface area contributed by atoms with Crippen molar-refractivity contribution in [3.8, 4) is 0 Å². The number of nitrogens with one attached hydrogen (secondary N) is 1.